The second-order valence-electron chi connectivity index (χ2n) is 8.89. The van der Waals surface area contributed by atoms with Crippen LogP contribution in [0.4, 0.5) is 20.3 Å². The molecule has 0 spiro atoms. The maximum atomic E-state index is 13.6. The maximum Gasteiger partial charge on any atom is 0.276 e. The topological polar surface area (TPSA) is 137 Å². The summed E-state index contributed by atoms with van der Waals surface area (Å²) in [4.78, 5) is 30.3. The summed E-state index contributed by atoms with van der Waals surface area (Å²) < 4.78 is 26.9. The number of nitrogens with two attached hydrogens (primary N) is 1. The Labute approximate surface area is 222 Å². The molecule has 39 heavy (non-hydrogen) atoms. The molecular formula is C28H22F2N8O. The van der Waals surface area contributed by atoms with Gasteiger partial charge in [0, 0.05) is 43.5 Å². The molecule has 0 saturated heterocycles. The van der Waals surface area contributed by atoms with Crippen molar-refractivity contribution in [3.8, 4) is 17.2 Å². The fourth-order valence-electron chi connectivity index (χ4n) is 4.07. The van der Waals surface area contributed by atoms with Gasteiger partial charge in [-0.25, -0.2) is 23.7 Å². The smallest absolute Gasteiger partial charge is 0.276 e. The van der Waals surface area contributed by atoms with Gasteiger partial charge in [0.05, 0.1) is 11.9 Å². The lowest BCUT2D eigenvalue weighted by atomic mass is 10.0. The number of H-pyrrole nitrogens is 1. The minimum atomic E-state index is -1.00. The lowest BCUT2D eigenvalue weighted by Gasteiger charge is -2.19. The zero-order valence-corrected chi connectivity index (χ0v) is 20.7. The van der Waals surface area contributed by atoms with Gasteiger partial charge in [0.25, 0.3) is 5.91 Å². The van der Waals surface area contributed by atoms with Crippen molar-refractivity contribution >= 4 is 28.4 Å². The number of anilines is 2. The van der Waals surface area contributed by atoms with Gasteiger partial charge in [-0.1, -0.05) is 30.3 Å². The third kappa shape index (κ3) is 5.35. The summed E-state index contributed by atoms with van der Waals surface area (Å²) in [6.07, 6.45) is 4.75. The number of benzene rings is 2. The first-order chi connectivity index (χ1) is 18.8. The van der Waals surface area contributed by atoms with Gasteiger partial charge in [-0.3, -0.25) is 4.79 Å². The van der Waals surface area contributed by atoms with Crippen LogP contribution in [0, 0.1) is 23.0 Å². The first kappa shape index (κ1) is 25.3. The van der Waals surface area contributed by atoms with E-state index in [9.17, 15) is 18.8 Å². The van der Waals surface area contributed by atoms with Crippen molar-refractivity contribution in [1.82, 2.24) is 24.8 Å². The van der Waals surface area contributed by atoms with Gasteiger partial charge in [0.2, 0.25) is 0 Å². The van der Waals surface area contributed by atoms with Gasteiger partial charge in [0.1, 0.15) is 11.7 Å². The van der Waals surface area contributed by atoms with Crippen LogP contribution in [0.2, 0.25) is 0 Å². The van der Waals surface area contributed by atoms with Crippen LogP contribution in [-0.2, 0) is 13.1 Å². The normalized spacial score (nSPS) is 10.8. The molecule has 0 radical (unpaired) electrons. The second kappa shape index (κ2) is 10.5. The molecule has 0 aliphatic heterocycles. The third-order valence-electron chi connectivity index (χ3n) is 6.15. The third-order valence-corrected chi connectivity index (χ3v) is 6.15. The number of pyridine rings is 1. The van der Waals surface area contributed by atoms with Crippen LogP contribution in [0.15, 0.2) is 67.1 Å². The van der Waals surface area contributed by atoms with E-state index in [-0.39, 0.29) is 23.8 Å². The Kier molecular flexibility index (Phi) is 6.84. The van der Waals surface area contributed by atoms with Crippen molar-refractivity contribution < 1.29 is 13.6 Å². The number of amides is 1. The number of hydrogen-bond acceptors (Lipinski definition) is 7. The van der Waals surface area contributed by atoms with E-state index < -0.39 is 17.5 Å². The van der Waals surface area contributed by atoms with E-state index in [0.717, 1.165) is 39.9 Å². The van der Waals surface area contributed by atoms with E-state index >= 15 is 0 Å². The number of carbonyl (C=O) groups is 1. The Hall–Kier alpha value is -5.37. The van der Waals surface area contributed by atoms with Gasteiger partial charge < -0.3 is 20.9 Å². The Morgan fingerprint density at radius 1 is 1.05 bits per heavy atom. The summed E-state index contributed by atoms with van der Waals surface area (Å²) in [5.74, 6) is -2.31. The van der Waals surface area contributed by atoms with Crippen molar-refractivity contribution in [2.75, 3.05) is 18.1 Å². The molecule has 2 aromatic carbocycles. The minimum Gasteiger partial charge on any atom is -0.397 e. The van der Waals surface area contributed by atoms with Crippen LogP contribution < -0.4 is 11.1 Å². The van der Waals surface area contributed by atoms with Crippen LogP contribution in [0.1, 0.15) is 27.3 Å². The average Bonchev–Trinajstić information content (AvgIpc) is 3.33. The molecule has 0 aliphatic rings. The Morgan fingerprint density at radius 3 is 2.56 bits per heavy atom. The summed E-state index contributed by atoms with van der Waals surface area (Å²) in [5.41, 5.74) is 10.5. The Morgan fingerprint density at radius 2 is 1.82 bits per heavy atom. The first-order valence-electron chi connectivity index (χ1n) is 11.8. The minimum absolute atomic E-state index is 0.00442. The highest BCUT2D eigenvalue weighted by molar-refractivity contribution is 5.96. The van der Waals surface area contributed by atoms with Crippen molar-refractivity contribution in [1.29, 1.82) is 5.26 Å². The number of fused-ring (bicyclic) bond motifs is 1. The quantitative estimate of drug-likeness (QED) is 0.282. The molecule has 0 bridgehead atoms. The van der Waals surface area contributed by atoms with E-state index in [1.165, 1.54) is 24.2 Å². The highest BCUT2D eigenvalue weighted by Crippen LogP contribution is 2.26. The standard InChI is InChI=1S/C28H22F2N8O/c1-38(15-17-4-7-22(29)23(30)8-17)28(39)25-27(35-13-20(10-31)37-25)33-11-16-2-5-18(6-3-16)19-9-21-24(32)14-36-26(21)34-12-19/h2-9,12-14H,11,15,32H2,1H3,(H,33,35)(H,34,36). The molecule has 3 heterocycles. The molecule has 11 heteroatoms. The molecule has 5 rings (SSSR count). The molecule has 3 aromatic heterocycles. The van der Waals surface area contributed by atoms with Gasteiger partial charge in [-0.15, -0.1) is 0 Å². The number of hydrogen-bond donors (Lipinski definition) is 3. The molecule has 4 N–H and O–H groups in total. The summed E-state index contributed by atoms with van der Waals surface area (Å²) in [6, 6.07) is 15.0. The number of aromatic nitrogens is 4. The molecule has 0 fully saturated rings. The van der Waals surface area contributed by atoms with Gasteiger partial charge in [-0.05, 0) is 34.9 Å². The lowest BCUT2D eigenvalue weighted by molar-refractivity contribution is 0.0779. The largest absolute Gasteiger partial charge is 0.397 e. The molecule has 0 unspecified atom stereocenters. The zero-order chi connectivity index (χ0) is 27.5. The Balaban J connectivity index is 1.31. The van der Waals surface area contributed by atoms with E-state index in [1.54, 1.807) is 12.4 Å². The van der Waals surface area contributed by atoms with Gasteiger partial charge in [0.15, 0.2) is 28.8 Å². The van der Waals surface area contributed by atoms with Gasteiger partial charge in [-0.2, -0.15) is 5.26 Å². The fourth-order valence-corrected chi connectivity index (χ4v) is 4.07. The molecule has 0 saturated carbocycles. The van der Waals surface area contributed by atoms with Crippen LogP contribution in [0.5, 0.6) is 0 Å². The van der Waals surface area contributed by atoms with E-state index in [2.05, 4.69) is 25.3 Å². The van der Waals surface area contributed by atoms with E-state index in [4.69, 9.17) is 5.73 Å². The Bertz CT molecular complexity index is 1730. The van der Waals surface area contributed by atoms with Crippen molar-refractivity contribution in [2.45, 2.75) is 13.1 Å². The number of rotatable bonds is 7. The van der Waals surface area contributed by atoms with Crippen molar-refractivity contribution in [3.05, 3.63) is 101 Å². The number of nitrogens with one attached hydrogen (secondary N) is 2. The molecule has 9 nitrogen and oxygen atoms in total. The van der Waals surface area contributed by atoms with Crippen LogP contribution in [0.25, 0.3) is 22.2 Å². The van der Waals surface area contributed by atoms with Gasteiger partial charge >= 0.3 is 0 Å². The number of nitrogen functional groups attached to an aromatic ring is 1. The first-order valence-corrected chi connectivity index (χ1v) is 11.8. The van der Waals surface area contributed by atoms with Crippen molar-refractivity contribution in [3.63, 3.8) is 0 Å². The molecule has 5 aromatic rings. The van der Waals surface area contributed by atoms with Crippen LogP contribution in [0.3, 0.4) is 0 Å². The highest BCUT2D eigenvalue weighted by atomic mass is 19.2. The van der Waals surface area contributed by atoms with Crippen LogP contribution >= 0.6 is 0 Å². The number of carbonyl (C=O) groups excluding carboxylic acids is 1. The summed E-state index contributed by atoms with van der Waals surface area (Å²) in [5, 5.41) is 13.2. The lowest BCUT2D eigenvalue weighted by Crippen LogP contribution is -2.28. The average molecular weight is 525 g/mol. The number of halogens is 2. The maximum absolute atomic E-state index is 13.6. The number of nitriles is 1. The summed E-state index contributed by atoms with van der Waals surface area (Å²) >= 11 is 0. The monoisotopic (exact) mass is 524 g/mol. The molecular weight excluding hydrogens is 502 g/mol. The fraction of sp³-hybridized carbons (Fsp3) is 0.107. The van der Waals surface area contributed by atoms with Crippen LogP contribution in [-0.4, -0.2) is 37.8 Å². The second-order valence-corrected chi connectivity index (χ2v) is 8.89. The number of nitrogens with zero attached hydrogens (tertiary/aromatic N) is 5. The summed E-state index contributed by atoms with van der Waals surface area (Å²) in [7, 11) is 1.50. The SMILES string of the molecule is CN(Cc1ccc(F)c(F)c1)C(=O)c1nc(C#N)cnc1NCc1ccc(-c2cnc3[nH]cc(N)c3c2)cc1. The molecule has 194 valence electrons. The molecule has 0 aliphatic carbocycles. The van der Waals surface area contributed by atoms with E-state index in [1.807, 2.05) is 36.4 Å². The van der Waals surface area contributed by atoms with E-state index in [0.29, 0.717) is 17.8 Å². The predicted octanol–water partition coefficient (Wildman–Crippen LogP) is 4.64. The highest BCUT2D eigenvalue weighted by Gasteiger charge is 2.21. The molecule has 0 atom stereocenters. The van der Waals surface area contributed by atoms with Crippen molar-refractivity contribution in [2.24, 2.45) is 0 Å². The molecule has 1 amide bonds. The number of aromatic amines is 1. The zero-order valence-electron chi connectivity index (χ0n) is 20.7. The predicted molar refractivity (Wildman–Crippen MR) is 142 cm³/mol. The summed E-state index contributed by atoms with van der Waals surface area (Å²) in [6.45, 7) is 0.334.